The van der Waals surface area contributed by atoms with E-state index in [4.69, 9.17) is 5.10 Å². The Bertz CT molecular complexity index is 945. The fourth-order valence-electron chi connectivity index (χ4n) is 3.34. The quantitative estimate of drug-likeness (QED) is 0.458. The Morgan fingerprint density at radius 2 is 1.74 bits per heavy atom. The van der Waals surface area contributed by atoms with Crippen LogP contribution in [-0.2, 0) is 5.91 Å². The standard InChI is InChI=1S/C16H14N7/c1-13-12-15-14-6-2-3-9-20(14)16(23(15)19-13,21-10-4-7-17-21)22-11-5-8-18-22/h2-12H,1H3/q+1. The Kier molecular flexibility index (Phi) is 2.23. The smallest absolute Gasteiger partial charge is 0.172 e. The van der Waals surface area contributed by atoms with E-state index in [9.17, 15) is 0 Å². The number of aromatic nitrogens is 7. The van der Waals surface area contributed by atoms with E-state index < -0.39 is 5.91 Å². The van der Waals surface area contributed by atoms with Crippen molar-refractivity contribution in [3.63, 3.8) is 0 Å². The van der Waals surface area contributed by atoms with Crippen molar-refractivity contribution in [1.29, 1.82) is 0 Å². The molecule has 0 aliphatic carbocycles. The maximum absolute atomic E-state index is 4.75. The van der Waals surface area contributed by atoms with Gasteiger partial charge >= 0.3 is 5.91 Å². The maximum atomic E-state index is 4.75. The van der Waals surface area contributed by atoms with Crippen LogP contribution in [-0.4, -0.2) is 29.3 Å². The van der Waals surface area contributed by atoms with E-state index in [-0.39, 0.29) is 0 Å². The van der Waals surface area contributed by atoms with Crippen molar-refractivity contribution in [2.45, 2.75) is 12.8 Å². The van der Waals surface area contributed by atoms with Gasteiger partial charge in [0, 0.05) is 36.9 Å². The van der Waals surface area contributed by atoms with Crippen molar-refractivity contribution in [2.75, 3.05) is 0 Å². The van der Waals surface area contributed by atoms with Crippen LogP contribution in [0.2, 0.25) is 0 Å². The van der Waals surface area contributed by atoms with Gasteiger partial charge < -0.3 is 0 Å². The van der Waals surface area contributed by atoms with E-state index in [1.807, 2.05) is 63.8 Å². The third kappa shape index (κ3) is 1.39. The summed E-state index contributed by atoms with van der Waals surface area (Å²) in [5, 5.41) is 13.8. The van der Waals surface area contributed by atoms with Crippen LogP contribution in [0.3, 0.4) is 0 Å². The van der Waals surface area contributed by atoms with Gasteiger partial charge in [0.25, 0.3) is 0 Å². The third-order valence-corrected chi connectivity index (χ3v) is 4.18. The van der Waals surface area contributed by atoms with Crippen LogP contribution in [0.5, 0.6) is 0 Å². The molecule has 0 saturated heterocycles. The number of nitrogens with zero attached hydrogens (tertiary/aromatic N) is 7. The minimum atomic E-state index is -0.840. The average molecular weight is 304 g/mol. The lowest BCUT2D eigenvalue weighted by Gasteiger charge is -2.25. The molecule has 4 aromatic rings. The number of hydrogen-bond acceptors (Lipinski definition) is 3. The highest BCUT2D eigenvalue weighted by molar-refractivity contribution is 5.54. The van der Waals surface area contributed by atoms with Gasteiger partial charge in [-0.1, -0.05) is 0 Å². The lowest BCUT2D eigenvalue weighted by molar-refractivity contribution is -0.771. The molecule has 5 heterocycles. The van der Waals surface area contributed by atoms with E-state index in [1.54, 1.807) is 12.4 Å². The third-order valence-electron chi connectivity index (χ3n) is 4.18. The van der Waals surface area contributed by atoms with E-state index in [1.165, 1.54) is 0 Å². The largest absolute Gasteiger partial charge is 0.473 e. The number of rotatable bonds is 2. The van der Waals surface area contributed by atoms with Crippen LogP contribution in [0.25, 0.3) is 11.4 Å². The summed E-state index contributed by atoms with van der Waals surface area (Å²) in [5.41, 5.74) is 3.06. The summed E-state index contributed by atoms with van der Waals surface area (Å²) in [7, 11) is 0. The van der Waals surface area contributed by atoms with Crippen LogP contribution in [0.1, 0.15) is 5.69 Å². The summed E-state index contributed by atoms with van der Waals surface area (Å²) >= 11 is 0. The second-order valence-corrected chi connectivity index (χ2v) is 5.54. The maximum Gasteiger partial charge on any atom is 0.473 e. The Labute approximate surface area is 132 Å². The first-order valence-electron chi connectivity index (χ1n) is 7.41. The number of fused-ring (bicyclic) bond motifs is 3. The molecule has 4 aromatic heterocycles. The highest BCUT2D eigenvalue weighted by Gasteiger charge is 2.57. The molecule has 7 heteroatoms. The van der Waals surface area contributed by atoms with Gasteiger partial charge in [0.05, 0.1) is 5.69 Å². The zero-order valence-corrected chi connectivity index (χ0v) is 12.5. The summed E-state index contributed by atoms with van der Waals surface area (Å²) in [4.78, 5) is 0. The molecule has 0 radical (unpaired) electrons. The molecule has 0 amide bonds. The number of pyridine rings is 1. The van der Waals surface area contributed by atoms with Crippen molar-refractivity contribution >= 4 is 0 Å². The predicted molar refractivity (Wildman–Crippen MR) is 81.2 cm³/mol. The Morgan fingerprint density at radius 3 is 2.39 bits per heavy atom. The van der Waals surface area contributed by atoms with Gasteiger partial charge in [-0.05, 0) is 31.2 Å². The summed E-state index contributed by atoms with van der Waals surface area (Å²) in [6.45, 7) is 2.00. The second-order valence-electron chi connectivity index (χ2n) is 5.54. The first-order chi connectivity index (χ1) is 11.3. The van der Waals surface area contributed by atoms with Gasteiger partial charge in [0.15, 0.2) is 6.20 Å². The monoisotopic (exact) mass is 304 g/mol. The molecule has 112 valence electrons. The lowest BCUT2D eigenvalue weighted by Crippen LogP contribution is -2.67. The zero-order chi connectivity index (χ0) is 15.4. The zero-order valence-electron chi connectivity index (χ0n) is 12.5. The highest BCUT2D eigenvalue weighted by Crippen LogP contribution is 2.32. The van der Waals surface area contributed by atoms with Crippen molar-refractivity contribution in [2.24, 2.45) is 0 Å². The molecule has 0 aromatic carbocycles. The first-order valence-corrected chi connectivity index (χ1v) is 7.41. The normalized spacial score (nSPS) is 14.7. The van der Waals surface area contributed by atoms with Crippen LogP contribution in [0, 0.1) is 6.92 Å². The number of hydrogen-bond donors (Lipinski definition) is 0. The van der Waals surface area contributed by atoms with Gasteiger partial charge in [-0.15, -0.1) is 4.57 Å². The van der Waals surface area contributed by atoms with Gasteiger partial charge in [-0.25, -0.2) is 0 Å². The van der Waals surface area contributed by atoms with Crippen molar-refractivity contribution < 1.29 is 4.57 Å². The van der Waals surface area contributed by atoms with Crippen molar-refractivity contribution in [3.8, 4) is 11.4 Å². The molecule has 0 N–H and O–H groups in total. The van der Waals surface area contributed by atoms with Crippen LogP contribution in [0.15, 0.2) is 67.4 Å². The fourth-order valence-corrected chi connectivity index (χ4v) is 3.34. The van der Waals surface area contributed by atoms with Crippen molar-refractivity contribution in [1.82, 2.24) is 29.3 Å². The molecule has 5 rings (SSSR count). The van der Waals surface area contributed by atoms with Crippen molar-refractivity contribution in [3.05, 3.63) is 73.1 Å². The topological polar surface area (TPSA) is 57.3 Å². The molecule has 0 spiro atoms. The fraction of sp³-hybridized carbons (Fsp3) is 0.125. The number of aryl methyl sites for hydroxylation is 1. The molecule has 0 unspecified atom stereocenters. The molecular formula is C16H14N7+. The predicted octanol–water partition coefficient (Wildman–Crippen LogP) is 1.07. The van der Waals surface area contributed by atoms with Gasteiger partial charge in [-0.2, -0.15) is 29.3 Å². The highest BCUT2D eigenvalue weighted by atomic mass is 15.7. The molecule has 0 atom stereocenters. The molecular weight excluding hydrogens is 290 g/mol. The lowest BCUT2D eigenvalue weighted by atomic mass is 10.2. The molecule has 1 aliphatic heterocycles. The van der Waals surface area contributed by atoms with Crippen LogP contribution < -0.4 is 4.57 Å². The van der Waals surface area contributed by atoms with E-state index in [0.717, 1.165) is 17.1 Å². The van der Waals surface area contributed by atoms with Crippen LogP contribution in [0.4, 0.5) is 0 Å². The molecule has 0 bridgehead atoms. The van der Waals surface area contributed by atoms with Crippen LogP contribution >= 0.6 is 0 Å². The molecule has 1 aliphatic rings. The molecule has 0 fully saturated rings. The Hall–Kier alpha value is -3.22. The minimum Gasteiger partial charge on any atom is -0.172 e. The van der Waals surface area contributed by atoms with Gasteiger partial charge in [0.2, 0.25) is 5.69 Å². The van der Waals surface area contributed by atoms with Gasteiger partial charge in [-0.3, -0.25) is 0 Å². The van der Waals surface area contributed by atoms with E-state index in [0.29, 0.717) is 0 Å². The second kappa shape index (κ2) is 4.16. The van der Waals surface area contributed by atoms with Gasteiger partial charge in [0.1, 0.15) is 5.69 Å². The molecule has 7 nitrogen and oxygen atoms in total. The summed E-state index contributed by atoms with van der Waals surface area (Å²) in [6, 6.07) is 12.0. The van der Waals surface area contributed by atoms with E-state index >= 15 is 0 Å². The molecule has 23 heavy (non-hydrogen) atoms. The first kappa shape index (κ1) is 12.3. The SMILES string of the molecule is Cc1cc2n(n1)C(n1cccn1)(n1cccn1)[n+]1ccccc1-2. The Morgan fingerprint density at radius 1 is 1.00 bits per heavy atom. The summed E-state index contributed by atoms with van der Waals surface area (Å²) in [5.74, 6) is -0.840. The summed E-state index contributed by atoms with van der Waals surface area (Å²) in [6.07, 6.45) is 9.42. The Balaban J connectivity index is 1.98. The average Bonchev–Trinajstić information content (AvgIpc) is 3.32. The van der Waals surface area contributed by atoms with E-state index in [2.05, 4.69) is 26.9 Å². The minimum absolute atomic E-state index is 0.840. The molecule has 0 saturated carbocycles. The summed E-state index contributed by atoms with van der Waals surface area (Å²) < 4.78 is 7.84.